The molecule has 7 heteroatoms. The molecule has 0 radical (unpaired) electrons. The molecule has 0 spiro atoms. The van der Waals surface area contributed by atoms with Crippen LogP contribution in [0.4, 0.5) is 4.79 Å². The highest BCUT2D eigenvalue weighted by molar-refractivity contribution is 8.76. The standard InChI is InChI=1S/C20H31NO4S2/c1-4-18(21-20(23)25-15-17-9-7-6-8-10-17)12-14-27-26-13-11-16(3)19(22)24-5-2/h6-10,16,18H,4-5,11-15H2,1-3H3,(H,21,23)/t16-,18+/m0/s1. The summed E-state index contributed by atoms with van der Waals surface area (Å²) in [6.45, 7) is 6.50. The molecule has 27 heavy (non-hydrogen) atoms. The molecule has 152 valence electrons. The van der Waals surface area contributed by atoms with Crippen molar-refractivity contribution in [2.45, 2.75) is 52.7 Å². The highest BCUT2D eigenvalue weighted by atomic mass is 33.1. The Morgan fingerprint density at radius 1 is 1.04 bits per heavy atom. The van der Waals surface area contributed by atoms with Gasteiger partial charge < -0.3 is 14.8 Å². The summed E-state index contributed by atoms with van der Waals surface area (Å²) >= 11 is 0. The SMILES string of the molecule is CCOC(=O)[C@@H](C)CCSSCC[C@@H](CC)NC(=O)OCc1ccccc1. The maximum absolute atomic E-state index is 11.9. The van der Waals surface area contributed by atoms with Gasteiger partial charge in [0.05, 0.1) is 12.5 Å². The van der Waals surface area contributed by atoms with Gasteiger partial charge in [-0.05, 0) is 31.7 Å². The number of alkyl carbamates (subject to hydrolysis) is 1. The molecule has 0 aliphatic heterocycles. The molecule has 0 unspecified atom stereocenters. The lowest BCUT2D eigenvalue weighted by Gasteiger charge is -2.16. The maximum Gasteiger partial charge on any atom is 0.407 e. The molecule has 0 bridgehead atoms. The Hall–Kier alpha value is -1.34. The smallest absolute Gasteiger partial charge is 0.407 e. The number of hydrogen-bond acceptors (Lipinski definition) is 6. The van der Waals surface area contributed by atoms with Crippen LogP contribution in [0.5, 0.6) is 0 Å². The number of rotatable bonds is 13. The van der Waals surface area contributed by atoms with Gasteiger partial charge in [0, 0.05) is 17.5 Å². The highest BCUT2D eigenvalue weighted by Gasteiger charge is 2.14. The third-order valence-electron chi connectivity index (χ3n) is 3.98. The van der Waals surface area contributed by atoms with Gasteiger partial charge in [-0.25, -0.2) is 4.79 Å². The number of amides is 1. The van der Waals surface area contributed by atoms with Crippen LogP contribution in [0.15, 0.2) is 30.3 Å². The summed E-state index contributed by atoms with van der Waals surface area (Å²) in [5, 5.41) is 2.93. The minimum Gasteiger partial charge on any atom is -0.466 e. The van der Waals surface area contributed by atoms with E-state index < -0.39 is 0 Å². The predicted molar refractivity (Wildman–Crippen MR) is 114 cm³/mol. The lowest BCUT2D eigenvalue weighted by Crippen LogP contribution is -2.35. The summed E-state index contributed by atoms with van der Waals surface area (Å²) in [6.07, 6.45) is 2.21. The van der Waals surface area contributed by atoms with Crippen molar-refractivity contribution < 1.29 is 19.1 Å². The monoisotopic (exact) mass is 413 g/mol. The van der Waals surface area contributed by atoms with E-state index in [1.807, 2.05) is 44.2 Å². The van der Waals surface area contributed by atoms with E-state index in [1.54, 1.807) is 21.6 Å². The van der Waals surface area contributed by atoms with E-state index in [-0.39, 0.29) is 30.6 Å². The molecular weight excluding hydrogens is 382 g/mol. The van der Waals surface area contributed by atoms with E-state index in [0.717, 1.165) is 36.3 Å². The molecule has 0 aliphatic carbocycles. The van der Waals surface area contributed by atoms with Crippen LogP contribution in [-0.4, -0.2) is 36.2 Å². The van der Waals surface area contributed by atoms with Gasteiger partial charge in [-0.3, -0.25) is 4.79 Å². The molecule has 5 nitrogen and oxygen atoms in total. The fourth-order valence-electron chi connectivity index (χ4n) is 2.25. The van der Waals surface area contributed by atoms with Crippen molar-refractivity contribution in [1.82, 2.24) is 5.32 Å². The molecule has 0 saturated carbocycles. The third kappa shape index (κ3) is 11.2. The fourth-order valence-corrected chi connectivity index (χ4v) is 4.60. The van der Waals surface area contributed by atoms with Crippen LogP contribution in [0.1, 0.15) is 45.6 Å². The number of hydrogen-bond donors (Lipinski definition) is 1. The number of benzene rings is 1. The Bertz CT molecular complexity index is 542. The number of nitrogens with one attached hydrogen (secondary N) is 1. The van der Waals surface area contributed by atoms with Crippen LogP contribution in [0.25, 0.3) is 0 Å². The van der Waals surface area contributed by atoms with Gasteiger partial charge in [-0.2, -0.15) is 0 Å². The molecule has 2 atom stereocenters. The van der Waals surface area contributed by atoms with Crippen LogP contribution in [0.2, 0.25) is 0 Å². The van der Waals surface area contributed by atoms with Gasteiger partial charge >= 0.3 is 12.1 Å². The molecule has 0 fully saturated rings. The molecule has 0 heterocycles. The zero-order chi connectivity index (χ0) is 19.9. The van der Waals surface area contributed by atoms with Crippen molar-refractivity contribution in [1.29, 1.82) is 0 Å². The highest BCUT2D eigenvalue weighted by Crippen LogP contribution is 2.25. The van der Waals surface area contributed by atoms with E-state index in [4.69, 9.17) is 9.47 Å². The lowest BCUT2D eigenvalue weighted by atomic mass is 10.1. The van der Waals surface area contributed by atoms with Gasteiger partial charge in [0.2, 0.25) is 0 Å². The summed E-state index contributed by atoms with van der Waals surface area (Å²) in [7, 11) is 3.53. The Balaban J connectivity index is 2.11. The summed E-state index contributed by atoms with van der Waals surface area (Å²) in [6, 6.07) is 9.76. The zero-order valence-corrected chi connectivity index (χ0v) is 18.1. The quantitative estimate of drug-likeness (QED) is 0.277. The first kappa shape index (κ1) is 23.7. The van der Waals surface area contributed by atoms with E-state index >= 15 is 0 Å². The van der Waals surface area contributed by atoms with Gasteiger partial charge in [0.1, 0.15) is 6.61 Å². The molecule has 1 aromatic rings. The molecule has 1 N–H and O–H groups in total. The Labute approximate surface area is 170 Å². The average molecular weight is 414 g/mol. The second kappa shape index (κ2) is 14.7. The fraction of sp³-hybridized carbons (Fsp3) is 0.600. The number of carbonyl (C=O) groups excluding carboxylic acids is 2. The second-order valence-electron chi connectivity index (χ2n) is 6.19. The van der Waals surface area contributed by atoms with Crippen molar-refractivity contribution in [2.24, 2.45) is 5.92 Å². The van der Waals surface area contributed by atoms with Crippen molar-refractivity contribution in [3.8, 4) is 0 Å². The summed E-state index contributed by atoms with van der Waals surface area (Å²) in [4.78, 5) is 23.5. The van der Waals surface area contributed by atoms with Gasteiger partial charge in [-0.15, -0.1) is 0 Å². The Morgan fingerprint density at radius 2 is 1.70 bits per heavy atom. The van der Waals surface area contributed by atoms with Crippen LogP contribution in [-0.2, 0) is 20.9 Å². The number of esters is 1. The maximum atomic E-state index is 11.9. The zero-order valence-electron chi connectivity index (χ0n) is 16.4. The second-order valence-corrected chi connectivity index (χ2v) is 8.89. The van der Waals surface area contributed by atoms with Crippen molar-refractivity contribution >= 4 is 33.7 Å². The summed E-state index contributed by atoms with van der Waals surface area (Å²) in [5.41, 5.74) is 0.977. The first-order valence-electron chi connectivity index (χ1n) is 9.45. The van der Waals surface area contributed by atoms with E-state index in [0.29, 0.717) is 6.61 Å². The average Bonchev–Trinajstić information content (AvgIpc) is 2.68. The normalized spacial score (nSPS) is 12.9. The van der Waals surface area contributed by atoms with Crippen LogP contribution >= 0.6 is 21.6 Å². The topological polar surface area (TPSA) is 64.6 Å². The van der Waals surface area contributed by atoms with E-state index in [9.17, 15) is 9.59 Å². The molecule has 1 rings (SSSR count). The minimum absolute atomic E-state index is 0.0532. The van der Waals surface area contributed by atoms with E-state index in [1.165, 1.54) is 0 Å². The largest absolute Gasteiger partial charge is 0.466 e. The number of carbonyl (C=O) groups is 2. The van der Waals surface area contributed by atoms with E-state index in [2.05, 4.69) is 12.2 Å². The minimum atomic E-state index is -0.369. The Morgan fingerprint density at radius 3 is 2.33 bits per heavy atom. The van der Waals surface area contributed by atoms with Gasteiger partial charge in [0.25, 0.3) is 0 Å². The molecule has 0 aromatic heterocycles. The Kier molecular flexibility index (Phi) is 12.9. The molecule has 0 aliphatic rings. The first-order chi connectivity index (χ1) is 13.1. The molecule has 1 aromatic carbocycles. The summed E-state index contributed by atoms with van der Waals surface area (Å²) < 4.78 is 10.3. The summed E-state index contributed by atoms with van der Waals surface area (Å²) in [5.74, 6) is 1.68. The molecule has 1 amide bonds. The third-order valence-corrected chi connectivity index (χ3v) is 6.46. The van der Waals surface area contributed by atoms with Gasteiger partial charge in [-0.1, -0.05) is 65.8 Å². The van der Waals surface area contributed by atoms with Crippen molar-refractivity contribution in [3.05, 3.63) is 35.9 Å². The van der Waals surface area contributed by atoms with Crippen LogP contribution < -0.4 is 5.32 Å². The number of ether oxygens (including phenoxy) is 2. The van der Waals surface area contributed by atoms with Crippen molar-refractivity contribution in [3.63, 3.8) is 0 Å². The lowest BCUT2D eigenvalue weighted by molar-refractivity contribution is -0.147. The predicted octanol–water partition coefficient (Wildman–Crippen LogP) is 5.05. The first-order valence-corrected chi connectivity index (χ1v) is 11.9. The van der Waals surface area contributed by atoms with Gasteiger partial charge in [0.15, 0.2) is 0 Å². The van der Waals surface area contributed by atoms with Crippen molar-refractivity contribution in [2.75, 3.05) is 18.1 Å². The van der Waals surface area contributed by atoms with Crippen LogP contribution in [0, 0.1) is 5.92 Å². The molecular formula is C20H31NO4S2. The molecule has 0 saturated heterocycles. The van der Waals surface area contributed by atoms with Crippen LogP contribution in [0.3, 0.4) is 0 Å².